The van der Waals surface area contributed by atoms with Crippen LogP contribution in [0.1, 0.15) is 25.1 Å². The molecule has 0 aliphatic rings. The lowest BCUT2D eigenvalue weighted by Crippen LogP contribution is -2.36. The average Bonchev–Trinajstić information content (AvgIpc) is 2.27. The topological polar surface area (TPSA) is 43.8 Å². The fourth-order valence-electron chi connectivity index (χ4n) is 2.47. The average molecular weight is 284 g/mol. The number of hydrogen-bond donors (Lipinski definition) is 1. The van der Waals surface area contributed by atoms with Crippen LogP contribution in [-0.2, 0) is 4.57 Å². The predicted molar refractivity (Wildman–Crippen MR) is 80.5 cm³/mol. The van der Waals surface area contributed by atoms with Crippen LogP contribution in [0.2, 0.25) is 0 Å². The van der Waals surface area contributed by atoms with Crippen molar-refractivity contribution in [2.24, 2.45) is 0 Å². The van der Waals surface area contributed by atoms with Gasteiger partial charge in [-0.2, -0.15) is 0 Å². The third kappa shape index (κ3) is 3.26. The molecule has 1 atom stereocenters. The van der Waals surface area contributed by atoms with Crippen LogP contribution in [0, 0.1) is 0 Å². The van der Waals surface area contributed by atoms with Gasteiger partial charge in [-0.3, -0.25) is 4.57 Å². The summed E-state index contributed by atoms with van der Waals surface area (Å²) in [5, 5.41) is 10.5. The summed E-state index contributed by atoms with van der Waals surface area (Å²) in [5.41, 5.74) is -0.655. The Morgan fingerprint density at radius 2 is 1.47 bits per heavy atom. The van der Waals surface area contributed by atoms with E-state index in [0.29, 0.717) is 0 Å². The van der Waals surface area contributed by atoms with E-state index in [9.17, 15) is 9.67 Å². The Bertz CT molecular complexity index is 440. The van der Waals surface area contributed by atoms with Gasteiger partial charge in [0.25, 0.3) is 0 Å². The van der Waals surface area contributed by atoms with Gasteiger partial charge < -0.3 is 5.11 Å². The fraction of sp³-hybridized carbons (Fsp3) is 0.571. The number of benzene rings is 1. The summed E-state index contributed by atoms with van der Waals surface area (Å²) in [6.07, 6.45) is 0. The first-order valence-electron chi connectivity index (χ1n) is 6.34. The smallest absolute Gasteiger partial charge is 0.225 e. The van der Waals surface area contributed by atoms with E-state index in [2.05, 4.69) is 0 Å². The van der Waals surface area contributed by atoms with E-state index in [-0.39, 0.29) is 0 Å². The van der Waals surface area contributed by atoms with Crippen molar-refractivity contribution >= 4 is 7.44 Å². The first kappa shape index (κ1) is 16.4. The highest BCUT2D eigenvalue weighted by molar-refractivity contribution is 7.59. The van der Waals surface area contributed by atoms with Crippen LogP contribution in [0.5, 0.6) is 0 Å². The van der Waals surface area contributed by atoms with Crippen molar-refractivity contribution in [2.45, 2.75) is 25.1 Å². The van der Waals surface area contributed by atoms with Gasteiger partial charge in [-0.15, -0.1) is 0 Å². The van der Waals surface area contributed by atoms with Gasteiger partial charge in [-0.05, 0) is 47.6 Å². The first-order chi connectivity index (χ1) is 8.61. The third-order valence-electron chi connectivity index (χ3n) is 3.27. The van der Waals surface area contributed by atoms with Crippen molar-refractivity contribution in [1.29, 1.82) is 0 Å². The molecule has 0 spiro atoms. The fourth-order valence-corrected chi connectivity index (χ4v) is 5.49. The van der Waals surface area contributed by atoms with Crippen molar-refractivity contribution < 1.29 is 9.67 Å². The van der Waals surface area contributed by atoms with Gasteiger partial charge >= 0.3 is 0 Å². The zero-order valence-corrected chi connectivity index (χ0v) is 13.6. The molecule has 1 rings (SSSR count). The number of hydrogen-bond acceptors (Lipinski definition) is 2. The molecule has 1 aromatic rings. The molecule has 0 radical (unpaired) electrons. The minimum Gasteiger partial charge on any atom is -0.389 e. The quantitative estimate of drug-likeness (QED) is 0.844. The number of nitrogens with zero attached hydrogens (tertiary/aromatic N) is 2. The van der Waals surface area contributed by atoms with Crippen LogP contribution >= 0.6 is 7.44 Å². The Labute approximate surface area is 116 Å². The van der Waals surface area contributed by atoms with Crippen molar-refractivity contribution in [1.82, 2.24) is 9.34 Å². The number of rotatable bonds is 5. The molecule has 0 amide bonds. The highest BCUT2D eigenvalue weighted by Gasteiger charge is 2.46. The largest absolute Gasteiger partial charge is 0.389 e. The zero-order chi connectivity index (χ0) is 14.8. The standard InChI is InChI=1S/C14H25N2O2P/c1-14(2,17)13(12-10-8-7-9-11-12)19(18,15(3)4)16(5)6/h7-11,13,17H,1-6H3. The van der Waals surface area contributed by atoms with Gasteiger partial charge in [-0.25, -0.2) is 9.34 Å². The molecule has 4 nitrogen and oxygen atoms in total. The maximum Gasteiger partial charge on any atom is 0.225 e. The maximum absolute atomic E-state index is 13.5. The van der Waals surface area contributed by atoms with Gasteiger partial charge in [0.2, 0.25) is 7.44 Å². The Morgan fingerprint density at radius 3 is 1.79 bits per heavy atom. The lowest BCUT2D eigenvalue weighted by Gasteiger charge is -2.42. The minimum atomic E-state index is -2.90. The van der Waals surface area contributed by atoms with Crippen LogP contribution in [-0.4, -0.2) is 48.2 Å². The molecule has 0 saturated heterocycles. The Balaban J connectivity index is 3.45. The number of aliphatic hydroxyl groups is 1. The highest BCUT2D eigenvalue weighted by atomic mass is 31.2. The zero-order valence-electron chi connectivity index (χ0n) is 12.7. The molecule has 1 aromatic carbocycles. The minimum absolute atomic E-state index is 0.466. The molecule has 0 aliphatic heterocycles. The second-order valence-corrected chi connectivity index (χ2v) is 9.04. The Kier molecular flexibility index (Phi) is 4.97. The van der Waals surface area contributed by atoms with Crippen molar-refractivity contribution in [3.05, 3.63) is 35.9 Å². The summed E-state index contributed by atoms with van der Waals surface area (Å²) in [6.45, 7) is 3.43. The molecule has 1 unspecified atom stereocenters. The van der Waals surface area contributed by atoms with E-state index in [1.807, 2.05) is 30.3 Å². The molecule has 0 bridgehead atoms. The van der Waals surface area contributed by atoms with Crippen LogP contribution in [0.4, 0.5) is 0 Å². The first-order valence-corrected chi connectivity index (χ1v) is 8.02. The summed E-state index contributed by atoms with van der Waals surface area (Å²) < 4.78 is 16.9. The Hall–Kier alpha value is -0.670. The van der Waals surface area contributed by atoms with E-state index in [4.69, 9.17) is 0 Å². The van der Waals surface area contributed by atoms with Gasteiger partial charge in [0, 0.05) is 0 Å². The second kappa shape index (κ2) is 5.76. The summed E-state index contributed by atoms with van der Waals surface area (Å²) in [4.78, 5) is 0. The molecule has 0 saturated carbocycles. The van der Waals surface area contributed by atoms with Gasteiger partial charge in [0.1, 0.15) is 0 Å². The molecule has 0 fully saturated rings. The van der Waals surface area contributed by atoms with Crippen LogP contribution in [0.25, 0.3) is 0 Å². The van der Waals surface area contributed by atoms with Crippen molar-refractivity contribution in [2.75, 3.05) is 28.2 Å². The monoisotopic (exact) mass is 284 g/mol. The molecule has 0 aromatic heterocycles. The summed E-state index contributed by atoms with van der Waals surface area (Å²) in [6, 6.07) is 9.57. The molecular formula is C14H25N2O2P. The van der Waals surface area contributed by atoms with E-state index in [0.717, 1.165) is 5.56 Å². The van der Waals surface area contributed by atoms with Crippen molar-refractivity contribution in [3.63, 3.8) is 0 Å². The lowest BCUT2D eigenvalue weighted by atomic mass is 9.98. The van der Waals surface area contributed by atoms with E-state index in [1.54, 1.807) is 51.4 Å². The summed E-state index contributed by atoms with van der Waals surface area (Å²) in [7, 11) is 4.28. The van der Waals surface area contributed by atoms with E-state index >= 15 is 0 Å². The normalized spacial score (nSPS) is 15.0. The highest BCUT2D eigenvalue weighted by Crippen LogP contribution is 2.65. The molecule has 0 aliphatic carbocycles. The SMILES string of the molecule is CN(C)P(=O)(C(c1ccccc1)C(C)(C)O)N(C)C. The molecule has 0 heterocycles. The van der Waals surface area contributed by atoms with Crippen LogP contribution < -0.4 is 0 Å². The van der Waals surface area contributed by atoms with E-state index in [1.165, 1.54) is 0 Å². The maximum atomic E-state index is 13.5. The van der Waals surface area contributed by atoms with Crippen molar-refractivity contribution in [3.8, 4) is 0 Å². The van der Waals surface area contributed by atoms with E-state index < -0.39 is 18.7 Å². The summed E-state index contributed by atoms with van der Waals surface area (Å²) in [5.74, 6) is 0. The molecule has 1 N–H and O–H groups in total. The Morgan fingerprint density at radius 1 is 1.05 bits per heavy atom. The molecule has 5 heteroatoms. The molecular weight excluding hydrogens is 259 g/mol. The van der Waals surface area contributed by atoms with Gasteiger partial charge in [0.05, 0.1) is 11.3 Å². The second-order valence-electron chi connectivity index (χ2n) is 5.75. The van der Waals surface area contributed by atoms with Crippen LogP contribution in [0.3, 0.4) is 0 Å². The lowest BCUT2D eigenvalue weighted by molar-refractivity contribution is 0.0701. The third-order valence-corrected chi connectivity index (χ3v) is 7.16. The van der Waals surface area contributed by atoms with Gasteiger partial charge in [0.15, 0.2) is 0 Å². The summed E-state index contributed by atoms with van der Waals surface area (Å²) >= 11 is 0. The van der Waals surface area contributed by atoms with Gasteiger partial charge in [-0.1, -0.05) is 30.3 Å². The molecule has 19 heavy (non-hydrogen) atoms. The predicted octanol–water partition coefficient (Wildman–Crippen LogP) is 2.81. The van der Waals surface area contributed by atoms with Crippen LogP contribution in [0.15, 0.2) is 30.3 Å². The molecule has 108 valence electrons.